The van der Waals surface area contributed by atoms with E-state index in [2.05, 4.69) is 25.9 Å². The van der Waals surface area contributed by atoms with Gasteiger partial charge in [0.25, 0.3) is 0 Å². The van der Waals surface area contributed by atoms with Gasteiger partial charge in [-0.15, -0.1) is 0 Å². The molecule has 9 nitrogen and oxygen atoms in total. The topological polar surface area (TPSA) is 114 Å². The van der Waals surface area contributed by atoms with Crippen LogP contribution in [-0.2, 0) is 28.7 Å². The molecule has 1 aliphatic rings. The first-order chi connectivity index (χ1) is 21.6. The lowest BCUT2D eigenvalue weighted by atomic mass is 9.99. The molecule has 0 radical (unpaired) electrons. The predicted octanol–water partition coefficient (Wildman–Crippen LogP) is 5.78. The Hall–Kier alpha value is -4.78. The van der Waals surface area contributed by atoms with Gasteiger partial charge in [-0.25, -0.2) is 4.39 Å². The summed E-state index contributed by atoms with van der Waals surface area (Å²) in [4.78, 5) is 32.3. The number of halogens is 4. The number of ether oxygens (including phenoxy) is 2. The number of aryl methyl sites for hydroxylation is 1. The molecule has 3 N–H and O–H groups in total. The number of rotatable bonds is 9. The van der Waals surface area contributed by atoms with E-state index in [1.807, 2.05) is 19.1 Å². The summed E-state index contributed by atoms with van der Waals surface area (Å²) in [6.45, 7) is 4.39. The van der Waals surface area contributed by atoms with E-state index in [0.717, 1.165) is 61.6 Å². The molecule has 3 heterocycles. The van der Waals surface area contributed by atoms with Crippen molar-refractivity contribution in [3.8, 4) is 17.2 Å². The van der Waals surface area contributed by atoms with Crippen LogP contribution >= 0.6 is 0 Å². The molecule has 0 atom stereocenters. The molecule has 2 aromatic heterocycles. The van der Waals surface area contributed by atoms with Crippen LogP contribution in [0.4, 0.5) is 23.2 Å². The van der Waals surface area contributed by atoms with Gasteiger partial charge in [0.05, 0.1) is 12.1 Å². The standard InChI is InChI=1S/C32H31F4N5O4/c1-2-21-13-23-25(15-28(21)44-18-19-7-10-37-11-8-19)38-12-9-26(23)45-27-5-4-22(14-24(27)33)41-31(43)30(42)40-17-20-3-6-29(39-16-20)32(34,35)36/h3-6,9,12-16,19,37H,2,7-8,10-11,17-18H2,1H3,(H,40,42)(H,41,43). The van der Waals surface area contributed by atoms with Crippen LogP contribution in [0, 0.1) is 11.7 Å². The number of alkyl halides is 3. The van der Waals surface area contributed by atoms with Gasteiger partial charge in [0, 0.05) is 42.1 Å². The number of piperidine rings is 1. The second-order valence-corrected chi connectivity index (χ2v) is 10.6. The normalized spacial score (nSPS) is 13.8. The quantitative estimate of drug-likeness (QED) is 0.160. The molecule has 1 saturated heterocycles. The smallest absolute Gasteiger partial charge is 0.433 e. The summed E-state index contributed by atoms with van der Waals surface area (Å²) in [5.74, 6) is -1.41. The molecular formula is C32H31F4N5O4. The Balaban J connectivity index is 1.21. The van der Waals surface area contributed by atoms with E-state index in [9.17, 15) is 22.8 Å². The van der Waals surface area contributed by atoms with Crippen molar-refractivity contribution < 1.29 is 36.6 Å². The van der Waals surface area contributed by atoms with Crippen molar-refractivity contribution in [1.82, 2.24) is 20.6 Å². The van der Waals surface area contributed by atoms with Gasteiger partial charge in [-0.3, -0.25) is 19.6 Å². The van der Waals surface area contributed by atoms with E-state index in [1.54, 1.807) is 12.3 Å². The number of anilines is 1. The summed E-state index contributed by atoms with van der Waals surface area (Å²) in [5, 5.41) is 8.60. The second kappa shape index (κ2) is 13.9. The highest BCUT2D eigenvalue weighted by molar-refractivity contribution is 6.39. The van der Waals surface area contributed by atoms with Gasteiger partial charge in [0.15, 0.2) is 11.6 Å². The number of aromatic nitrogens is 2. The fraction of sp³-hybridized carbons (Fsp3) is 0.312. The Labute approximate surface area is 256 Å². The molecule has 0 unspecified atom stereocenters. The Bertz CT molecular complexity index is 1680. The highest BCUT2D eigenvalue weighted by atomic mass is 19.4. The van der Waals surface area contributed by atoms with Crippen molar-refractivity contribution in [1.29, 1.82) is 0 Å². The molecule has 5 rings (SSSR count). The zero-order valence-corrected chi connectivity index (χ0v) is 24.3. The highest BCUT2D eigenvalue weighted by Crippen LogP contribution is 2.35. The molecule has 2 aromatic carbocycles. The molecule has 0 bridgehead atoms. The molecule has 2 amide bonds. The molecule has 0 aliphatic carbocycles. The maximum atomic E-state index is 15.1. The molecule has 45 heavy (non-hydrogen) atoms. The first-order valence-corrected chi connectivity index (χ1v) is 14.4. The largest absolute Gasteiger partial charge is 0.493 e. The van der Waals surface area contributed by atoms with Gasteiger partial charge in [-0.1, -0.05) is 13.0 Å². The predicted molar refractivity (Wildman–Crippen MR) is 158 cm³/mol. The third-order valence-electron chi connectivity index (χ3n) is 7.38. The number of hydrogen-bond donors (Lipinski definition) is 3. The van der Waals surface area contributed by atoms with Crippen LogP contribution < -0.4 is 25.4 Å². The van der Waals surface area contributed by atoms with Crippen molar-refractivity contribution >= 4 is 28.4 Å². The van der Waals surface area contributed by atoms with E-state index in [0.29, 0.717) is 35.6 Å². The molecule has 1 fully saturated rings. The number of pyridine rings is 2. The van der Waals surface area contributed by atoms with Gasteiger partial charge in [-0.2, -0.15) is 13.2 Å². The van der Waals surface area contributed by atoms with Gasteiger partial charge < -0.3 is 25.4 Å². The number of nitrogens with zero attached hydrogens (tertiary/aromatic N) is 2. The number of hydrogen-bond acceptors (Lipinski definition) is 7. The summed E-state index contributed by atoms with van der Waals surface area (Å²) in [5.41, 5.74) is 0.787. The van der Waals surface area contributed by atoms with Gasteiger partial charge >= 0.3 is 18.0 Å². The molecule has 13 heteroatoms. The average Bonchev–Trinajstić information content (AvgIpc) is 3.03. The Morgan fingerprint density at radius 2 is 1.78 bits per heavy atom. The van der Waals surface area contributed by atoms with E-state index in [4.69, 9.17) is 9.47 Å². The fourth-order valence-electron chi connectivity index (χ4n) is 4.88. The van der Waals surface area contributed by atoms with Crippen LogP contribution in [-0.4, -0.2) is 41.5 Å². The van der Waals surface area contributed by atoms with Crippen molar-refractivity contribution in [2.45, 2.75) is 38.9 Å². The Kier molecular flexibility index (Phi) is 9.77. The zero-order chi connectivity index (χ0) is 32.0. The van der Waals surface area contributed by atoms with E-state index < -0.39 is 29.5 Å². The number of carbonyl (C=O) groups is 2. The number of nitrogens with one attached hydrogen (secondary N) is 3. The SMILES string of the molecule is CCc1cc2c(Oc3ccc(NC(=O)C(=O)NCc4ccc(C(F)(F)F)nc4)cc3F)ccnc2cc1OCC1CCNCC1. The summed E-state index contributed by atoms with van der Waals surface area (Å²) in [7, 11) is 0. The Morgan fingerprint density at radius 3 is 2.47 bits per heavy atom. The number of benzene rings is 2. The van der Waals surface area contributed by atoms with Crippen molar-refractivity contribution in [2.24, 2.45) is 5.92 Å². The molecule has 0 saturated carbocycles. The minimum absolute atomic E-state index is 0.000380. The maximum Gasteiger partial charge on any atom is 0.433 e. The van der Waals surface area contributed by atoms with Gasteiger partial charge in [-0.05, 0) is 79.7 Å². The van der Waals surface area contributed by atoms with E-state index in [-0.39, 0.29) is 23.5 Å². The van der Waals surface area contributed by atoms with Crippen LogP contribution in [0.5, 0.6) is 17.2 Å². The third-order valence-corrected chi connectivity index (χ3v) is 7.38. The lowest BCUT2D eigenvalue weighted by Crippen LogP contribution is -2.35. The van der Waals surface area contributed by atoms with Crippen molar-refractivity contribution in [3.63, 3.8) is 0 Å². The number of carbonyl (C=O) groups excluding carboxylic acids is 2. The number of fused-ring (bicyclic) bond motifs is 1. The van der Waals surface area contributed by atoms with Crippen LogP contribution in [0.25, 0.3) is 10.9 Å². The van der Waals surface area contributed by atoms with Crippen molar-refractivity contribution in [2.75, 3.05) is 25.0 Å². The van der Waals surface area contributed by atoms with Crippen LogP contribution in [0.2, 0.25) is 0 Å². The molecule has 4 aromatic rings. The molecule has 1 aliphatic heterocycles. The molecule has 0 spiro atoms. The van der Waals surface area contributed by atoms with Gasteiger partial charge in [0.1, 0.15) is 17.2 Å². The lowest BCUT2D eigenvalue weighted by molar-refractivity contribution is -0.141. The Morgan fingerprint density at radius 1 is 0.978 bits per heavy atom. The van der Waals surface area contributed by atoms with E-state index >= 15 is 4.39 Å². The zero-order valence-electron chi connectivity index (χ0n) is 24.3. The summed E-state index contributed by atoms with van der Waals surface area (Å²) >= 11 is 0. The first kappa shape index (κ1) is 31.6. The minimum atomic E-state index is -4.59. The molecular weight excluding hydrogens is 594 g/mol. The third kappa shape index (κ3) is 8.04. The number of amides is 2. The van der Waals surface area contributed by atoms with Crippen LogP contribution in [0.3, 0.4) is 0 Å². The summed E-state index contributed by atoms with van der Waals surface area (Å²) in [6, 6.07) is 11.0. The van der Waals surface area contributed by atoms with Crippen LogP contribution in [0.15, 0.2) is 60.9 Å². The van der Waals surface area contributed by atoms with Crippen LogP contribution in [0.1, 0.15) is 36.6 Å². The van der Waals surface area contributed by atoms with E-state index in [1.165, 1.54) is 12.1 Å². The first-order valence-electron chi connectivity index (χ1n) is 14.4. The maximum absolute atomic E-state index is 15.1. The average molecular weight is 626 g/mol. The summed E-state index contributed by atoms with van der Waals surface area (Å²) in [6.07, 6.45) is 0.766. The fourth-order valence-corrected chi connectivity index (χ4v) is 4.88. The lowest BCUT2D eigenvalue weighted by Gasteiger charge is -2.23. The summed E-state index contributed by atoms with van der Waals surface area (Å²) < 4.78 is 65.1. The minimum Gasteiger partial charge on any atom is -0.493 e. The monoisotopic (exact) mass is 625 g/mol. The highest BCUT2D eigenvalue weighted by Gasteiger charge is 2.32. The molecule has 236 valence electrons. The van der Waals surface area contributed by atoms with Gasteiger partial charge in [0.2, 0.25) is 0 Å². The van der Waals surface area contributed by atoms with Crippen molar-refractivity contribution in [3.05, 3.63) is 83.6 Å². The second-order valence-electron chi connectivity index (χ2n) is 10.6.